The molecule has 13 heavy (non-hydrogen) atoms. The zero-order valence-corrected chi connectivity index (χ0v) is 8.57. The largest absolute Gasteiger partial charge is 0.320 e. The Morgan fingerprint density at radius 1 is 1.77 bits per heavy atom. The van der Waals surface area contributed by atoms with E-state index in [1.165, 1.54) is 11.8 Å². The van der Waals surface area contributed by atoms with Crippen molar-refractivity contribution in [3.63, 3.8) is 0 Å². The van der Waals surface area contributed by atoms with Crippen LogP contribution in [0.5, 0.6) is 0 Å². The Morgan fingerprint density at radius 2 is 2.46 bits per heavy atom. The Bertz CT molecular complexity index is 290. The van der Waals surface area contributed by atoms with Gasteiger partial charge in [-0.3, -0.25) is 4.79 Å². The van der Waals surface area contributed by atoms with Gasteiger partial charge >= 0.3 is 0 Å². The zero-order chi connectivity index (χ0) is 9.84. The van der Waals surface area contributed by atoms with Crippen LogP contribution < -0.4 is 5.32 Å². The highest BCUT2D eigenvalue weighted by molar-refractivity contribution is 8.02. The van der Waals surface area contributed by atoms with Gasteiger partial charge in [0.1, 0.15) is 0 Å². The van der Waals surface area contributed by atoms with Crippen molar-refractivity contribution in [1.29, 1.82) is 5.26 Å². The van der Waals surface area contributed by atoms with Crippen molar-refractivity contribution in [3.8, 4) is 6.07 Å². The Labute approximate surface area is 82.2 Å². The van der Waals surface area contributed by atoms with Gasteiger partial charge in [-0.2, -0.15) is 5.26 Å². The van der Waals surface area contributed by atoms with Crippen molar-refractivity contribution in [3.05, 3.63) is 10.6 Å². The van der Waals surface area contributed by atoms with Gasteiger partial charge in [0.05, 0.1) is 16.7 Å². The monoisotopic (exact) mass is 196 g/mol. The predicted molar refractivity (Wildman–Crippen MR) is 52.7 cm³/mol. The summed E-state index contributed by atoms with van der Waals surface area (Å²) in [5.41, 5.74) is 0.731. The van der Waals surface area contributed by atoms with Gasteiger partial charge in [0.2, 0.25) is 5.91 Å². The Kier molecular flexibility index (Phi) is 3.38. The van der Waals surface area contributed by atoms with Crippen molar-refractivity contribution in [1.82, 2.24) is 5.32 Å². The Balaban J connectivity index is 3.00. The first-order valence-electron chi connectivity index (χ1n) is 4.21. The molecule has 3 nitrogen and oxygen atoms in total. The van der Waals surface area contributed by atoms with E-state index < -0.39 is 0 Å². The van der Waals surface area contributed by atoms with Crippen molar-refractivity contribution >= 4 is 17.7 Å². The fourth-order valence-corrected chi connectivity index (χ4v) is 2.06. The maximum absolute atomic E-state index is 11.2. The van der Waals surface area contributed by atoms with Gasteiger partial charge in [-0.05, 0) is 12.7 Å². The van der Waals surface area contributed by atoms with Crippen LogP contribution in [0.25, 0.3) is 0 Å². The second kappa shape index (κ2) is 4.33. The first-order valence-corrected chi connectivity index (χ1v) is 5.43. The van der Waals surface area contributed by atoms with Crippen molar-refractivity contribution in [2.75, 3.05) is 6.26 Å². The molecule has 0 aromatic heterocycles. The van der Waals surface area contributed by atoms with Gasteiger partial charge in [-0.15, -0.1) is 11.8 Å². The summed E-state index contributed by atoms with van der Waals surface area (Å²) in [6.45, 7) is 2.00. The number of nitrogens with zero attached hydrogens (tertiary/aromatic N) is 1. The third kappa shape index (κ3) is 2.04. The molecule has 70 valence electrons. The Morgan fingerprint density at radius 3 is 2.92 bits per heavy atom. The van der Waals surface area contributed by atoms with Crippen molar-refractivity contribution < 1.29 is 4.79 Å². The average Bonchev–Trinajstić information content (AvgIpc) is 2.16. The molecule has 0 aliphatic carbocycles. The van der Waals surface area contributed by atoms with Crippen LogP contribution in [0.1, 0.15) is 19.8 Å². The molecule has 1 N–H and O–H groups in total. The molecule has 0 aromatic carbocycles. The summed E-state index contributed by atoms with van der Waals surface area (Å²) in [7, 11) is 0. The minimum absolute atomic E-state index is 0.0233. The molecule has 0 spiro atoms. The van der Waals surface area contributed by atoms with Gasteiger partial charge in [0, 0.05) is 12.3 Å². The number of carbonyl (C=O) groups is 1. The van der Waals surface area contributed by atoms with E-state index in [0.717, 1.165) is 17.0 Å². The molecule has 1 heterocycles. The van der Waals surface area contributed by atoms with Crippen molar-refractivity contribution in [2.24, 2.45) is 5.92 Å². The van der Waals surface area contributed by atoms with Crippen LogP contribution in [0.4, 0.5) is 0 Å². The van der Waals surface area contributed by atoms with Crippen LogP contribution in [0.2, 0.25) is 0 Å². The summed E-state index contributed by atoms with van der Waals surface area (Å²) in [4.78, 5) is 11.2. The van der Waals surface area contributed by atoms with E-state index in [9.17, 15) is 4.79 Å². The van der Waals surface area contributed by atoms with Gasteiger partial charge in [-0.1, -0.05) is 6.92 Å². The van der Waals surface area contributed by atoms with Gasteiger partial charge in [0.15, 0.2) is 0 Å². The first-order chi connectivity index (χ1) is 6.22. The average molecular weight is 196 g/mol. The van der Waals surface area contributed by atoms with E-state index >= 15 is 0 Å². The molecule has 4 heteroatoms. The molecule has 1 aliphatic heterocycles. The molecule has 0 radical (unpaired) electrons. The summed E-state index contributed by atoms with van der Waals surface area (Å²) < 4.78 is 0. The predicted octanol–water partition coefficient (Wildman–Crippen LogP) is 1.63. The van der Waals surface area contributed by atoms with E-state index in [2.05, 4.69) is 11.4 Å². The second-order valence-electron chi connectivity index (χ2n) is 2.92. The second-order valence-corrected chi connectivity index (χ2v) is 3.73. The number of carbonyl (C=O) groups excluding carboxylic acids is 1. The van der Waals surface area contributed by atoms with Gasteiger partial charge in [0.25, 0.3) is 0 Å². The smallest absolute Gasteiger partial charge is 0.225 e. The molecule has 0 bridgehead atoms. The number of nitrogens with one attached hydrogen (secondary N) is 1. The number of thioether (sulfide) groups is 1. The highest BCUT2D eigenvalue weighted by Gasteiger charge is 2.25. The summed E-state index contributed by atoms with van der Waals surface area (Å²) >= 11 is 1.43. The van der Waals surface area contributed by atoms with Crippen LogP contribution in [0.15, 0.2) is 10.6 Å². The molecule has 0 unspecified atom stereocenters. The molecule has 0 fully saturated rings. The highest BCUT2D eigenvalue weighted by Crippen LogP contribution is 2.29. The number of allylic oxidation sites excluding steroid dienone is 1. The van der Waals surface area contributed by atoms with Gasteiger partial charge in [-0.25, -0.2) is 0 Å². The summed E-state index contributed by atoms with van der Waals surface area (Å²) in [5, 5.41) is 12.3. The topological polar surface area (TPSA) is 52.9 Å². The molecule has 0 saturated carbocycles. The third-order valence-electron chi connectivity index (χ3n) is 2.15. The van der Waals surface area contributed by atoms with E-state index in [1.54, 1.807) is 0 Å². The third-order valence-corrected chi connectivity index (χ3v) is 2.89. The normalized spacial score (nSPS) is 22.5. The minimum Gasteiger partial charge on any atom is -0.320 e. The molecular weight excluding hydrogens is 184 g/mol. The van der Waals surface area contributed by atoms with E-state index in [1.807, 2.05) is 13.2 Å². The lowest BCUT2D eigenvalue weighted by Gasteiger charge is -2.22. The molecule has 0 saturated heterocycles. The number of hydrogen-bond acceptors (Lipinski definition) is 3. The van der Waals surface area contributed by atoms with Crippen LogP contribution in [0, 0.1) is 17.2 Å². The first kappa shape index (κ1) is 10.1. The van der Waals surface area contributed by atoms with Crippen LogP contribution in [0.3, 0.4) is 0 Å². The molecule has 1 aliphatic rings. The summed E-state index contributed by atoms with van der Waals surface area (Å²) in [6, 6.07) is 2.17. The maximum atomic E-state index is 11.2. The highest BCUT2D eigenvalue weighted by atomic mass is 32.2. The quantitative estimate of drug-likeness (QED) is 0.730. The lowest BCUT2D eigenvalue weighted by molar-refractivity contribution is -0.121. The summed E-state index contributed by atoms with van der Waals surface area (Å²) in [6.07, 6.45) is 3.16. The molecule has 1 atom stereocenters. The Hall–Kier alpha value is -0.950. The SMILES string of the molecule is CC[C@@H]1CC(=O)NC(SC)=C1C#N. The van der Waals surface area contributed by atoms with Crippen molar-refractivity contribution in [2.45, 2.75) is 19.8 Å². The molecule has 0 aromatic rings. The van der Waals surface area contributed by atoms with E-state index in [4.69, 9.17) is 5.26 Å². The minimum atomic E-state index is 0.0233. The van der Waals surface area contributed by atoms with Crippen LogP contribution in [-0.4, -0.2) is 12.2 Å². The fraction of sp³-hybridized carbons (Fsp3) is 0.556. The number of hydrogen-bond donors (Lipinski definition) is 1. The zero-order valence-electron chi connectivity index (χ0n) is 7.76. The number of amides is 1. The number of nitriles is 1. The van der Waals surface area contributed by atoms with Crippen LogP contribution in [-0.2, 0) is 4.79 Å². The van der Waals surface area contributed by atoms with E-state index in [-0.39, 0.29) is 11.8 Å². The molecule has 1 rings (SSSR count). The van der Waals surface area contributed by atoms with E-state index in [0.29, 0.717) is 6.42 Å². The lowest BCUT2D eigenvalue weighted by Crippen LogP contribution is -2.31. The standard InChI is InChI=1S/C9H12N2OS/c1-3-6-4-8(12)11-9(13-2)7(6)5-10/h6H,3-4H2,1-2H3,(H,11,12)/t6-/m1/s1. The summed E-state index contributed by atoms with van der Waals surface area (Å²) in [5.74, 6) is 0.136. The van der Waals surface area contributed by atoms with Crippen LogP contribution >= 0.6 is 11.8 Å². The lowest BCUT2D eigenvalue weighted by atomic mass is 9.92. The molecular formula is C9H12N2OS. The molecule has 1 amide bonds. The maximum Gasteiger partial charge on any atom is 0.225 e. The van der Waals surface area contributed by atoms with Gasteiger partial charge < -0.3 is 5.32 Å². The fourth-order valence-electron chi connectivity index (χ4n) is 1.41. The number of rotatable bonds is 2.